The van der Waals surface area contributed by atoms with Gasteiger partial charge in [-0.1, -0.05) is 11.6 Å². The van der Waals surface area contributed by atoms with Crippen LogP contribution in [-0.2, 0) is 6.54 Å². The van der Waals surface area contributed by atoms with E-state index >= 15 is 0 Å². The monoisotopic (exact) mass is 304 g/mol. The Balaban J connectivity index is 2.10. The van der Waals surface area contributed by atoms with Gasteiger partial charge in [0, 0.05) is 29.4 Å². The number of aromatic nitrogens is 1. The highest BCUT2D eigenvalue weighted by atomic mass is 35.5. The molecule has 21 heavy (non-hydrogen) atoms. The molecule has 0 saturated heterocycles. The lowest BCUT2D eigenvalue weighted by Crippen LogP contribution is -2.35. The fourth-order valence-corrected chi connectivity index (χ4v) is 2.05. The average Bonchev–Trinajstić information content (AvgIpc) is 2.39. The van der Waals surface area contributed by atoms with E-state index in [9.17, 15) is 0 Å². The molecule has 1 N–H and O–H groups in total. The molecular weight excluding hydrogens is 284 g/mol. The molecule has 0 bridgehead atoms. The molecule has 3 nitrogen and oxygen atoms in total. The van der Waals surface area contributed by atoms with Crippen molar-refractivity contribution in [3.63, 3.8) is 0 Å². The molecule has 0 atom stereocenters. The van der Waals surface area contributed by atoms with E-state index in [-0.39, 0.29) is 5.54 Å². The third kappa shape index (κ3) is 5.03. The van der Waals surface area contributed by atoms with E-state index in [1.807, 2.05) is 37.3 Å². The van der Waals surface area contributed by atoms with Crippen molar-refractivity contribution in [3.8, 4) is 11.6 Å². The van der Waals surface area contributed by atoms with Crippen LogP contribution in [0.4, 0.5) is 0 Å². The van der Waals surface area contributed by atoms with Gasteiger partial charge < -0.3 is 10.1 Å². The quantitative estimate of drug-likeness (QED) is 0.887. The highest BCUT2D eigenvalue weighted by molar-refractivity contribution is 6.30. The number of nitrogens with zero attached hydrogens (tertiary/aromatic N) is 1. The summed E-state index contributed by atoms with van der Waals surface area (Å²) in [6.07, 6.45) is 1.76. The van der Waals surface area contributed by atoms with Gasteiger partial charge in [0.15, 0.2) is 0 Å². The molecule has 1 aromatic carbocycles. The van der Waals surface area contributed by atoms with Crippen LogP contribution in [0.2, 0.25) is 5.02 Å². The number of hydrogen-bond acceptors (Lipinski definition) is 3. The van der Waals surface area contributed by atoms with Gasteiger partial charge in [0.1, 0.15) is 5.75 Å². The molecule has 112 valence electrons. The second kappa shape index (κ2) is 6.46. The Hall–Kier alpha value is -1.58. The summed E-state index contributed by atoms with van der Waals surface area (Å²) in [5.74, 6) is 1.36. The average molecular weight is 305 g/mol. The van der Waals surface area contributed by atoms with Crippen LogP contribution in [-0.4, -0.2) is 10.5 Å². The molecule has 0 unspecified atom stereocenters. The normalized spacial score (nSPS) is 11.5. The molecule has 2 rings (SSSR count). The zero-order valence-electron chi connectivity index (χ0n) is 12.9. The third-order valence-electron chi connectivity index (χ3n) is 2.97. The van der Waals surface area contributed by atoms with Crippen molar-refractivity contribution in [1.29, 1.82) is 0 Å². The summed E-state index contributed by atoms with van der Waals surface area (Å²) in [7, 11) is 0. The summed E-state index contributed by atoms with van der Waals surface area (Å²) < 4.78 is 5.84. The lowest BCUT2D eigenvalue weighted by atomic mass is 10.1. The van der Waals surface area contributed by atoms with Crippen molar-refractivity contribution in [2.75, 3.05) is 0 Å². The SMILES string of the molecule is Cc1cc(Cl)ccc1Oc1cc(CNC(C)(C)C)ccn1. The minimum absolute atomic E-state index is 0.0804. The van der Waals surface area contributed by atoms with Crippen molar-refractivity contribution in [3.05, 3.63) is 52.7 Å². The predicted octanol–water partition coefficient (Wildman–Crippen LogP) is 4.72. The zero-order chi connectivity index (χ0) is 15.5. The summed E-state index contributed by atoms with van der Waals surface area (Å²) in [5.41, 5.74) is 2.21. The number of nitrogens with one attached hydrogen (secondary N) is 1. The van der Waals surface area contributed by atoms with Gasteiger partial charge in [-0.05, 0) is 63.1 Å². The highest BCUT2D eigenvalue weighted by Gasteiger charge is 2.09. The molecule has 1 aromatic heterocycles. The standard InChI is InChI=1S/C17H21ClN2O/c1-12-9-14(18)5-6-15(12)21-16-10-13(7-8-19-16)11-20-17(2,3)4/h5-10,20H,11H2,1-4H3. The Bertz CT molecular complexity index is 620. The molecule has 0 fully saturated rings. The summed E-state index contributed by atoms with van der Waals surface area (Å²) in [6.45, 7) is 9.17. The number of hydrogen-bond donors (Lipinski definition) is 1. The maximum absolute atomic E-state index is 5.95. The van der Waals surface area contributed by atoms with E-state index in [1.165, 1.54) is 0 Å². The van der Waals surface area contributed by atoms with Crippen molar-refractivity contribution < 1.29 is 4.74 Å². The van der Waals surface area contributed by atoms with Crippen LogP contribution in [0.1, 0.15) is 31.9 Å². The first-order valence-electron chi connectivity index (χ1n) is 6.97. The van der Waals surface area contributed by atoms with Crippen LogP contribution in [0.25, 0.3) is 0 Å². The van der Waals surface area contributed by atoms with Gasteiger partial charge in [-0.25, -0.2) is 4.98 Å². The largest absolute Gasteiger partial charge is 0.439 e. The molecule has 0 radical (unpaired) electrons. The Kier molecular flexibility index (Phi) is 4.86. The molecule has 0 aliphatic heterocycles. The van der Waals surface area contributed by atoms with Crippen molar-refractivity contribution in [2.24, 2.45) is 0 Å². The number of benzene rings is 1. The molecular formula is C17H21ClN2O. The third-order valence-corrected chi connectivity index (χ3v) is 3.21. The molecule has 0 aliphatic carbocycles. The summed E-state index contributed by atoms with van der Waals surface area (Å²) in [6, 6.07) is 9.49. The van der Waals surface area contributed by atoms with Gasteiger partial charge in [0.25, 0.3) is 0 Å². The van der Waals surface area contributed by atoms with Crippen LogP contribution in [0.3, 0.4) is 0 Å². The lowest BCUT2D eigenvalue weighted by molar-refractivity contribution is 0.421. The number of aryl methyl sites for hydroxylation is 1. The Morgan fingerprint density at radius 1 is 1.19 bits per heavy atom. The van der Waals surface area contributed by atoms with Gasteiger partial charge in [-0.2, -0.15) is 0 Å². The first-order chi connectivity index (χ1) is 9.83. The van der Waals surface area contributed by atoms with Crippen LogP contribution in [0, 0.1) is 6.92 Å². The number of rotatable bonds is 4. The fraction of sp³-hybridized carbons (Fsp3) is 0.353. The minimum Gasteiger partial charge on any atom is -0.439 e. The first kappa shape index (κ1) is 15.8. The topological polar surface area (TPSA) is 34.1 Å². The molecule has 0 aliphatic rings. The maximum Gasteiger partial charge on any atom is 0.219 e. The van der Waals surface area contributed by atoms with Crippen LogP contribution < -0.4 is 10.1 Å². The van der Waals surface area contributed by atoms with E-state index in [1.54, 1.807) is 6.20 Å². The second-order valence-electron chi connectivity index (χ2n) is 6.12. The van der Waals surface area contributed by atoms with Gasteiger partial charge in [-0.3, -0.25) is 0 Å². The number of ether oxygens (including phenoxy) is 1. The Morgan fingerprint density at radius 2 is 1.95 bits per heavy atom. The van der Waals surface area contributed by atoms with Crippen molar-refractivity contribution in [2.45, 2.75) is 39.8 Å². The van der Waals surface area contributed by atoms with Crippen molar-refractivity contribution >= 4 is 11.6 Å². The van der Waals surface area contributed by atoms with Crippen molar-refractivity contribution in [1.82, 2.24) is 10.3 Å². The molecule has 0 amide bonds. The van der Waals surface area contributed by atoms with Crippen LogP contribution in [0.15, 0.2) is 36.5 Å². The summed E-state index contributed by atoms with van der Waals surface area (Å²) in [5, 5.41) is 4.15. The Labute approximate surface area is 131 Å². The van der Waals surface area contributed by atoms with E-state index in [2.05, 4.69) is 31.1 Å². The predicted molar refractivity (Wildman–Crippen MR) is 87.1 cm³/mol. The Morgan fingerprint density at radius 3 is 2.62 bits per heavy atom. The van der Waals surface area contributed by atoms with Crippen LogP contribution in [0.5, 0.6) is 11.6 Å². The fourth-order valence-electron chi connectivity index (χ4n) is 1.82. The molecule has 0 saturated carbocycles. The van der Waals surface area contributed by atoms with E-state index in [0.717, 1.165) is 23.4 Å². The summed E-state index contributed by atoms with van der Waals surface area (Å²) in [4.78, 5) is 4.26. The van der Waals surface area contributed by atoms with Gasteiger partial charge in [-0.15, -0.1) is 0 Å². The van der Waals surface area contributed by atoms with E-state index in [0.29, 0.717) is 10.9 Å². The molecule has 1 heterocycles. The van der Waals surface area contributed by atoms with Gasteiger partial charge in [0.2, 0.25) is 5.88 Å². The molecule has 2 aromatic rings. The lowest BCUT2D eigenvalue weighted by Gasteiger charge is -2.20. The smallest absolute Gasteiger partial charge is 0.219 e. The van der Waals surface area contributed by atoms with E-state index in [4.69, 9.17) is 16.3 Å². The van der Waals surface area contributed by atoms with Gasteiger partial charge >= 0.3 is 0 Å². The number of halogens is 1. The van der Waals surface area contributed by atoms with Crippen LogP contribution >= 0.6 is 11.6 Å². The minimum atomic E-state index is 0.0804. The van der Waals surface area contributed by atoms with Gasteiger partial charge in [0.05, 0.1) is 0 Å². The number of pyridine rings is 1. The van der Waals surface area contributed by atoms with E-state index < -0.39 is 0 Å². The first-order valence-corrected chi connectivity index (χ1v) is 7.35. The maximum atomic E-state index is 5.95. The zero-order valence-corrected chi connectivity index (χ0v) is 13.7. The molecule has 0 spiro atoms. The second-order valence-corrected chi connectivity index (χ2v) is 6.55. The summed E-state index contributed by atoms with van der Waals surface area (Å²) >= 11 is 5.95. The molecule has 4 heteroatoms. The highest BCUT2D eigenvalue weighted by Crippen LogP contribution is 2.26.